The molecule has 0 aliphatic rings. The molecule has 0 fully saturated rings. The molecule has 1 heterocycles. The number of halogens is 2. The number of rotatable bonds is 4. The summed E-state index contributed by atoms with van der Waals surface area (Å²) in [5.74, 6) is 1.15. The van der Waals surface area contributed by atoms with Crippen LogP contribution in [0.15, 0.2) is 12.4 Å². The zero-order valence-electron chi connectivity index (χ0n) is 7.77. The highest BCUT2D eigenvalue weighted by Crippen LogP contribution is 1.98. The minimum Gasteiger partial charge on any atom is -0.335 e. The Morgan fingerprint density at radius 3 is 2.69 bits per heavy atom. The number of nitrogens with zero attached hydrogens (tertiary/aromatic N) is 2. The van der Waals surface area contributed by atoms with Gasteiger partial charge in [0, 0.05) is 25.4 Å². The number of hydrogen-bond donors (Lipinski definition) is 1. The Morgan fingerprint density at radius 2 is 2.15 bits per heavy atom. The Balaban J connectivity index is 0. The Hall–Kier alpha value is -0.250. The third-order valence-electron chi connectivity index (χ3n) is 1.72. The SMILES string of the molecule is CCc1nccn1CCCN.Cl.Cl. The van der Waals surface area contributed by atoms with Crippen molar-refractivity contribution in [2.24, 2.45) is 5.73 Å². The van der Waals surface area contributed by atoms with E-state index in [1.165, 1.54) is 0 Å². The third-order valence-corrected chi connectivity index (χ3v) is 1.72. The van der Waals surface area contributed by atoms with Gasteiger partial charge in [0.15, 0.2) is 0 Å². The van der Waals surface area contributed by atoms with Gasteiger partial charge in [-0.1, -0.05) is 6.92 Å². The van der Waals surface area contributed by atoms with Crippen molar-refractivity contribution in [1.29, 1.82) is 0 Å². The lowest BCUT2D eigenvalue weighted by atomic mass is 10.4. The molecule has 2 N–H and O–H groups in total. The number of aryl methyl sites for hydroxylation is 2. The maximum atomic E-state index is 5.40. The smallest absolute Gasteiger partial charge is 0.108 e. The van der Waals surface area contributed by atoms with Crippen LogP contribution in [0.25, 0.3) is 0 Å². The van der Waals surface area contributed by atoms with Crippen molar-refractivity contribution in [2.45, 2.75) is 26.3 Å². The van der Waals surface area contributed by atoms with E-state index >= 15 is 0 Å². The van der Waals surface area contributed by atoms with Crippen molar-refractivity contribution in [3.8, 4) is 0 Å². The van der Waals surface area contributed by atoms with E-state index in [1.807, 2.05) is 12.4 Å². The molecule has 0 aromatic carbocycles. The predicted molar refractivity (Wildman–Crippen MR) is 59.8 cm³/mol. The lowest BCUT2D eigenvalue weighted by Gasteiger charge is -2.03. The number of imidazole rings is 1. The first-order chi connectivity index (χ1) is 5.38. The summed E-state index contributed by atoms with van der Waals surface area (Å²) in [6.07, 6.45) is 5.88. The van der Waals surface area contributed by atoms with Gasteiger partial charge in [-0.15, -0.1) is 24.8 Å². The molecule has 1 aromatic heterocycles. The van der Waals surface area contributed by atoms with Gasteiger partial charge in [0.2, 0.25) is 0 Å². The van der Waals surface area contributed by atoms with Crippen LogP contribution in [0.2, 0.25) is 0 Å². The average Bonchev–Trinajstić information content (AvgIpc) is 2.47. The average molecular weight is 226 g/mol. The minimum atomic E-state index is 0. The zero-order chi connectivity index (χ0) is 8.10. The zero-order valence-corrected chi connectivity index (χ0v) is 9.40. The molecular weight excluding hydrogens is 209 g/mol. The van der Waals surface area contributed by atoms with Crippen molar-refractivity contribution in [3.05, 3.63) is 18.2 Å². The van der Waals surface area contributed by atoms with Gasteiger partial charge in [0.05, 0.1) is 0 Å². The Morgan fingerprint density at radius 1 is 1.46 bits per heavy atom. The molecule has 5 heteroatoms. The Bertz CT molecular complexity index is 213. The molecule has 0 spiro atoms. The van der Waals surface area contributed by atoms with E-state index in [2.05, 4.69) is 16.5 Å². The minimum absolute atomic E-state index is 0. The summed E-state index contributed by atoms with van der Waals surface area (Å²) in [4.78, 5) is 4.21. The van der Waals surface area contributed by atoms with Gasteiger partial charge < -0.3 is 10.3 Å². The summed E-state index contributed by atoms with van der Waals surface area (Å²) >= 11 is 0. The van der Waals surface area contributed by atoms with E-state index < -0.39 is 0 Å². The molecular formula is C8H17Cl2N3. The van der Waals surface area contributed by atoms with Crippen LogP contribution in [0.3, 0.4) is 0 Å². The fourth-order valence-electron chi connectivity index (χ4n) is 1.12. The van der Waals surface area contributed by atoms with Gasteiger partial charge in [-0.2, -0.15) is 0 Å². The van der Waals surface area contributed by atoms with Gasteiger partial charge in [-0.25, -0.2) is 4.98 Å². The van der Waals surface area contributed by atoms with Gasteiger partial charge in [-0.05, 0) is 13.0 Å². The lowest BCUT2D eigenvalue weighted by Crippen LogP contribution is -2.07. The molecule has 0 saturated heterocycles. The summed E-state index contributed by atoms with van der Waals surface area (Å²) in [5.41, 5.74) is 5.40. The maximum absolute atomic E-state index is 5.40. The Kier molecular flexibility index (Phi) is 9.79. The van der Waals surface area contributed by atoms with E-state index in [0.29, 0.717) is 0 Å². The standard InChI is InChI=1S/C8H15N3.2ClH/c1-2-8-10-5-7-11(8)6-3-4-9;;/h5,7H,2-4,6,9H2,1H3;2*1H. The van der Waals surface area contributed by atoms with Crippen molar-refractivity contribution < 1.29 is 0 Å². The van der Waals surface area contributed by atoms with Gasteiger partial charge in [-0.3, -0.25) is 0 Å². The van der Waals surface area contributed by atoms with Crippen molar-refractivity contribution >= 4 is 24.8 Å². The molecule has 0 radical (unpaired) electrons. The van der Waals surface area contributed by atoms with E-state index in [0.717, 1.165) is 31.8 Å². The molecule has 3 nitrogen and oxygen atoms in total. The lowest BCUT2D eigenvalue weighted by molar-refractivity contribution is 0.621. The summed E-state index contributed by atoms with van der Waals surface area (Å²) < 4.78 is 2.16. The fourth-order valence-corrected chi connectivity index (χ4v) is 1.12. The third kappa shape index (κ3) is 4.50. The molecule has 13 heavy (non-hydrogen) atoms. The first-order valence-corrected chi connectivity index (χ1v) is 4.08. The quantitative estimate of drug-likeness (QED) is 0.848. The van der Waals surface area contributed by atoms with Crippen LogP contribution in [0.4, 0.5) is 0 Å². The molecule has 0 unspecified atom stereocenters. The van der Waals surface area contributed by atoms with E-state index in [4.69, 9.17) is 5.73 Å². The molecule has 0 amide bonds. The van der Waals surface area contributed by atoms with Crippen LogP contribution in [-0.4, -0.2) is 16.1 Å². The molecule has 78 valence electrons. The molecule has 0 aliphatic heterocycles. The summed E-state index contributed by atoms with van der Waals surface area (Å²) in [7, 11) is 0. The maximum Gasteiger partial charge on any atom is 0.108 e. The van der Waals surface area contributed by atoms with Gasteiger partial charge in [0.1, 0.15) is 5.82 Å². The molecule has 0 aliphatic carbocycles. The number of nitrogens with two attached hydrogens (primary N) is 1. The highest BCUT2D eigenvalue weighted by atomic mass is 35.5. The van der Waals surface area contributed by atoms with E-state index in [1.54, 1.807) is 0 Å². The van der Waals surface area contributed by atoms with Crippen LogP contribution in [0.5, 0.6) is 0 Å². The van der Waals surface area contributed by atoms with Gasteiger partial charge in [0.25, 0.3) is 0 Å². The highest BCUT2D eigenvalue weighted by molar-refractivity contribution is 5.85. The monoisotopic (exact) mass is 225 g/mol. The second-order valence-electron chi connectivity index (χ2n) is 2.53. The first-order valence-electron chi connectivity index (χ1n) is 4.08. The molecule has 1 rings (SSSR count). The van der Waals surface area contributed by atoms with Crippen molar-refractivity contribution in [2.75, 3.05) is 6.54 Å². The highest BCUT2D eigenvalue weighted by Gasteiger charge is 1.97. The molecule has 1 aromatic rings. The summed E-state index contributed by atoms with van der Waals surface area (Å²) in [6, 6.07) is 0. The second-order valence-corrected chi connectivity index (χ2v) is 2.53. The normalized spacial score (nSPS) is 8.77. The van der Waals surface area contributed by atoms with E-state index in [9.17, 15) is 0 Å². The van der Waals surface area contributed by atoms with Crippen LogP contribution in [0.1, 0.15) is 19.2 Å². The van der Waals surface area contributed by atoms with Crippen molar-refractivity contribution in [1.82, 2.24) is 9.55 Å². The fraction of sp³-hybridized carbons (Fsp3) is 0.625. The van der Waals surface area contributed by atoms with E-state index in [-0.39, 0.29) is 24.8 Å². The first kappa shape index (κ1) is 15.2. The summed E-state index contributed by atoms with van der Waals surface area (Å²) in [6.45, 7) is 3.86. The largest absolute Gasteiger partial charge is 0.335 e. The Labute approximate surface area is 91.5 Å². The van der Waals surface area contributed by atoms with Crippen LogP contribution < -0.4 is 5.73 Å². The van der Waals surface area contributed by atoms with Crippen LogP contribution >= 0.6 is 24.8 Å². The topological polar surface area (TPSA) is 43.8 Å². The number of aromatic nitrogens is 2. The molecule has 0 bridgehead atoms. The van der Waals surface area contributed by atoms with Gasteiger partial charge >= 0.3 is 0 Å². The summed E-state index contributed by atoms with van der Waals surface area (Å²) in [5, 5.41) is 0. The second kappa shape index (κ2) is 8.35. The predicted octanol–water partition coefficient (Wildman–Crippen LogP) is 1.64. The van der Waals surface area contributed by atoms with Crippen LogP contribution in [0, 0.1) is 0 Å². The number of hydrogen-bond acceptors (Lipinski definition) is 2. The van der Waals surface area contributed by atoms with Crippen LogP contribution in [-0.2, 0) is 13.0 Å². The molecule has 0 saturated carbocycles. The van der Waals surface area contributed by atoms with Crippen molar-refractivity contribution in [3.63, 3.8) is 0 Å². The molecule has 0 atom stereocenters.